The minimum atomic E-state index is -0.160. The summed E-state index contributed by atoms with van der Waals surface area (Å²) >= 11 is 1.62. The van der Waals surface area contributed by atoms with E-state index in [1.54, 1.807) is 11.8 Å². The van der Waals surface area contributed by atoms with Gasteiger partial charge in [-0.15, -0.1) is 11.8 Å². The first-order valence-corrected chi connectivity index (χ1v) is 10.8. The van der Waals surface area contributed by atoms with Crippen molar-refractivity contribution in [3.05, 3.63) is 30.3 Å². The molecule has 0 radical (unpaired) electrons. The maximum Gasteiger partial charge on any atom is 0.233 e. The molecule has 3 aliphatic rings. The first kappa shape index (κ1) is 18.3. The van der Waals surface area contributed by atoms with Crippen molar-refractivity contribution in [1.29, 1.82) is 0 Å². The summed E-state index contributed by atoms with van der Waals surface area (Å²) in [4.78, 5) is 16.1. The van der Waals surface area contributed by atoms with Crippen LogP contribution < -0.4 is 0 Å². The molecule has 0 aromatic heterocycles. The van der Waals surface area contributed by atoms with Crippen molar-refractivity contribution in [2.75, 3.05) is 26.0 Å². The lowest BCUT2D eigenvalue weighted by Crippen LogP contribution is -2.53. The number of thioether (sulfide) groups is 1. The van der Waals surface area contributed by atoms with Crippen LogP contribution in [-0.4, -0.2) is 54.6 Å². The summed E-state index contributed by atoms with van der Waals surface area (Å²) in [6.07, 6.45) is 6.84. The van der Waals surface area contributed by atoms with Crippen molar-refractivity contribution in [1.82, 2.24) is 4.90 Å². The zero-order valence-corrected chi connectivity index (χ0v) is 16.4. The number of ether oxygens (including phenoxy) is 2. The van der Waals surface area contributed by atoms with Gasteiger partial charge in [0.1, 0.15) is 0 Å². The minimum absolute atomic E-state index is 0.160. The van der Waals surface area contributed by atoms with Gasteiger partial charge in [-0.1, -0.05) is 18.2 Å². The lowest BCUT2D eigenvalue weighted by atomic mass is 9.79. The van der Waals surface area contributed by atoms with Gasteiger partial charge >= 0.3 is 0 Å². The Morgan fingerprint density at radius 3 is 2.77 bits per heavy atom. The van der Waals surface area contributed by atoms with Gasteiger partial charge < -0.3 is 14.4 Å². The van der Waals surface area contributed by atoms with Gasteiger partial charge in [-0.25, -0.2) is 0 Å². The van der Waals surface area contributed by atoms with Crippen LogP contribution in [0.25, 0.3) is 0 Å². The van der Waals surface area contributed by atoms with Crippen LogP contribution in [0.2, 0.25) is 0 Å². The fraction of sp³-hybridized carbons (Fsp3) is 0.667. The van der Waals surface area contributed by atoms with Crippen LogP contribution in [0.15, 0.2) is 35.2 Å². The van der Waals surface area contributed by atoms with Crippen LogP contribution in [0.4, 0.5) is 0 Å². The molecular formula is C21H29NO3S. The molecule has 2 aliphatic carbocycles. The van der Waals surface area contributed by atoms with Crippen LogP contribution in [0.5, 0.6) is 0 Å². The number of hydrogen-bond acceptors (Lipinski definition) is 4. The number of nitrogens with zero attached hydrogens (tertiary/aromatic N) is 1. The molecule has 0 spiro atoms. The molecule has 0 bridgehead atoms. The zero-order valence-electron chi connectivity index (χ0n) is 15.6. The summed E-state index contributed by atoms with van der Waals surface area (Å²) < 4.78 is 12.1. The van der Waals surface area contributed by atoms with E-state index in [4.69, 9.17) is 9.47 Å². The van der Waals surface area contributed by atoms with Crippen LogP contribution in [0.3, 0.4) is 0 Å². The van der Waals surface area contributed by atoms with E-state index in [0.717, 1.165) is 49.6 Å². The van der Waals surface area contributed by atoms with Gasteiger partial charge in [0.2, 0.25) is 5.91 Å². The first-order valence-electron chi connectivity index (χ1n) is 9.84. The Kier molecular flexibility index (Phi) is 5.58. The van der Waals surface area contributed by atoms with Gasteiger partial charge in [-0.2, -0.15) is 0 Å². The molecule has 1 aromatic rings. The number of carbonyl (C=O) groups excluding carboxylic acids is 1. The predicted octanol–water partition coefficient (Wildman–Crippen LogP) is 3.74. The highest BCUT2D eigenvalue weighted by Gasteiger charge is 2.52. The monoisotopic (exact) mass is 375 g/mol. The zero-order chi connectivity index (χ0) is 18.0. The van der Waals surface area contributed by atoms with Gasteiger partial charge in [-0.3, -0.25) is 4.79 Å². The Morgan fingerprint density at radius 2 is 2.04 bits per heavy atom. The van der Waals surface area contributed by atoms with Gasteiger partial charge in [0.05, 0.1) is 23.5 Å². The number of methoxy groups -OCH3 is 1. The van der Waals surface area contributed by atoms with Crippen molar-refractivity contribution in [3.63, 3.8) is 0 Å². The quantitative estimate of drug-likeness (QED) is 0.681. The third-order valence-electron chi connectivity index (χ3n) is 6.23. The van der Waals surface area contributed by atoms with Gasteiger partial charge in [0.15, 0.2) is 0 Å². The van der Waals surface area contributed by atoms with E-state index in [2.05, 4.69) is 17.0 Å². The largest absolute Gasteiger partial charge is 0.378 e. The summed E-state index contributed by atoms with van der Waals surface area (Å²) in [5, 5.41) is 0. The molecule has 3 fully saturated rings. The second kappa shape index (κ2) is 7.91. The van der Waals surface area contributed by atoms with E-state index in [9.17, 15) is 4.79 Å². The number of likely N-dealkylation sites (tertiary alicyclic amines) is 1. The maximum atomic E-state index is 12.9. The van der Waals surface area contributed by atoms with Crippen molar-refractivity contribution < 1.29 is 14.3 Å². The van der Waals surface area contributed by atoms with E-state index in [-0.39, 0.29) is 23.7 Å². The van der Waals surface area contributed by atoms with E-state index in [1.807, 2.05) is 25.3 Å². The van der Waals surface area contributed by atoms with Crippen molar-refractivity contribution in [2.24, 2.45) is 5.92 Å². The molecular weight excluding hydrogens is 346 g/mol. The SMILES string of the molecule is COC12CCC(OCC3CC3)CC1N(C(=O)CSc1ccccc1)CC2. The lowest BCUT2D eigenvalue weighted by molar-refractivity contribution is -0.139. The normalized spacial score (nSPS) is 31.0. The molecule has 3 unspecified atom stereocenters. The molecule has 2 saturated carbocycles. The molecule has 1 heterocycles. The van der Waals surface area contributed by atoms with Crippen LogP contribution in [0, 0.1) is 5.92 Å². The minimum Gasteiger partial charge on any atom is -0.378 e. The highest BCUT2D eigenvalue weighted by molar-refractivity contribution is 8.00. The molecule has 1 aromatic carbocycles. The van der Waals surface area contributed by atoms with Crippen molar-refractivity contribution in [3.8, 4) is 0 Å². The fourth-order valence-electron chi connectivity index (χ4n) is 4.41. The third-order valence-corrected chi connectivity index (χ3v) is 7.23. The molecule has 1 saturated heterocycles. The Bertz CT molecular complexity index is 621. The third kappa shape index (κ3) is 3.95. The summed E-state index contributed by atoms with van der Waals surface area (Å²) in [6.45, 7) is 1.71. The van der Waals surface area contributed by atoms with Crippen LogP contribution in [-0.2, 0) is 14.3 Å². The van der Waals surface area contributed by atoms with Gasteiger partial charge in [0.25, 0.3) is 0 Å². The highest BCUT2D eigenvalue weighted by atomic mass is 32.2. The number of fused-ring (bicyclic) bond motifs is 1. The van der Waals surface area contributed by atoms with Gasteiger partial charge in [-0.05, 0) is 56.6 Å². The summed E-state index contributed by atoms with van der Waals surface area (Å²) in [7, 11) is 1.81. The fourth-order valence-corrected chi connectivity index (χ4v) is 5.22. The molecule has 142 valence electrons. The molecule has 5 heteroatoms. The van der Waals surface area contributed by atoms with Crippen LogP contribution >= 0.6 is 11.8 Å². The molecule has 3 atom stereocenters. The first-order chi connectivity index (χ1) is 12.7. The Balaban J connectivity index is 1.37. The number of hydrogen-bond donors (Lipinski definition) is 0. The Hall–Kier alpha value is -1.04. The van der Waals surface area contributed by atoms with Crippen molar-refractivity contribution in [2.45, 2.75) is 61.2 Å². The second-order valence-corrected chi connectivity index (χ2v) is 8.95. The second-order valence-electron chi connectivity index (χ2n) is 7.90. The number of amides is 1. The molecule has 0 N–H and O–H groups in total. The molecule has 1 amide bonds. The van der Waals surface area contributed by atoms with E-state index < -0.39 is 0 Å². The molecule has 4 nitrogen and oxygen atoms in total. The van der Waals surface area contributed by atoms with Crippen molar-refractivity contribution >= 4 is 17.7 Å². The lowest BCUT2D eigenvalue weighted by Gasteiger charge is -2.43. The molecule has 4 rings (SSSR count). The van der Waals surface area contributed by atoms with E-state index in [0.29, 0.717) is 5.75 Å². The topological polar surface area (TPSA) is 38.8 Å². The van der Waals surface area contributed by atoms with Gasteiger partial charge in [0, 0.05) is 25.2 Å². The van der Waals surface area contributed by atoms with Crippen LogP contribution in [0.1, 0.15) is 38.5 Å². The maximum absolute atomic E-state index is 12.9. The average molecular weight is 376 g/mol. The Labute approximate surface area is 160 Å². The standard InChI is InChI=1S/C21H29NO3S/c1-24-21-10-9-17(25-14-16-7-8-16)13-19(21)22(12-11-21)20(23)15-26-18-5-3-2-4-6-18/h2-6,16-17,19H,7-15H2,1H3. The average Bonchev–Trinajstić information content (AvgIpc) is 3.44. The molecule has 26 heavy (non-hydrogen) atoms. The predicted molar refractivity (Wildman–Crippen MR) is 103 cm³/mol. The smallest absolute Gasteiger partial charge is 0.233 e. The summed E-state index contributed by atoms with van der Waals surface area (Å²) in [5.41, 5.74) is -0.160. The summed E-state index contributed by atoms with van der Waals surface area (Å²) in [6, 6.07) is 10.3. The highest BCUT2D eigenvalue weighted by Crippen LogP contribution is 2.44. The molecule has 1 aliphatic heterocycles. The number of benzene rings is 1. The Morgan fingerprint density at radius 1 is 1.23 bits per heavy atom. The number of carbonyl (C=O) groups is 1. The van der Waals surface area contributed by atoms with E-state index in [1.165, 1.54) is 12.8 Å². The summed E-state index contributed by atoms with van der Waals surface area (Å²) in [5.74, 6) is 1.51. The number of rotatable bonds is 7. The van der Waals surface area contributed by atoms with E-state index >= 15 is 0 Å².